The van der Waals surface area contributed by atoms with Gasteiger partial charge in [0.05, 0.1) is 12.2 Å². The normalized spacial score (nSPS) is 14.6. The SMILES string of the molecule is O=C(CNc1ccc(Cl)cc1F)N1CCN(c2ccccc2)CC1. The molecule has 2 aromatic rings. The molecule has 4 nitrogen and oxygen atoms in total. The predicted octanol–water partition coefficient (Wildman–Crippen LogP) is 3.24. The van der Waals surface area contributed by atoms with Crippen molar-refractivity contribution in [3.05, 3.63) is 59.4 Å². The highest BCUT2D eigenvalue weighted by atomic mass is 35.5. The van der Waals surface area contributed by atoms with Crippen LogP contribution in [0.4, 0.5) is 15.8 Å². The molecule has 2 aromatic carbocycles. The largest absolute Gasteiger partial charge is 0.374 e. The monoisotopic (exact) mass is 347 g/mol. The van der Waals surface area contributed by atoms with Crippen LogP contribution in [0.15, 0.2) is 48.5 Å². The minimum Gasteiger partial charge on any atom is -0.374 e. The van der Waals surface area contributed by atoms with E-state index in [0.717, 1.165) is 13.1 Å². The van der Waals surface area contributed by atoms with Crippen molar-refractivity contribution in [2.45, 2.75) is 0 Å². The number of carbonyl (C=O) groups excluding carboxylic acids is 1. The van der Waals surface area contributed by atoms with Crippen LogP contribution in [-0.2, 0) is 4.79 Å². The second kappa shape index (κ2) is 7.53. The topological polar surface area (TPSA) is 35.6 Å². The van der Waals surface area contributed by atoms with Crippen molar-refractivity contribution in [2.75, 3.05) is 42.9 Å². The number of nitrogens with one attached hydrogen (secondary N) is 1. The van der Waals surface area contributed by atoms with Crippen LogP contribution in [0.3, 0.4) is 0 Å². The van der Waals surface area contributed by atoms with Gasteiger partial charge >= 0.3 is 0 Å². The summed E-state index contributed by atoms with van der Waals surface area (Å²) in [6.45, 7) is 3.00. The van der Waals surface area contributed by atoms with Crippen LogP contribution in [0.2, 0.25) is 5.02 Å². The Balaban J connectivity index is 1.50. The fraction of sp³-hybridized carbons (Fsp3) is 0.278. The van der Waals surface area contributed by atoms with E-state index in [1.54, 1.807) is 11.0 Å². The summed E-state index contributed by atoms with van der Waals surface area (Å²) in [5, 5.41) is 3.18. The molecule has 1 N–H and O–H groups in total. The smallest absolute Gasteiger partial charge is 0.241 e. The Morgan fingerprint density at radius 2 is 1.79 bits per heavy atom. The Morgan fingerprint density at radius 1 is 1.08 bits per heavy atom. The number of halogens is 2. The van der Waals surface area contributed by atoms with Gasteiger partial charge in [-0.05, 0) is 30.3 Å². The van der Waals surface area contributed by atoms with Crippen molar-refractivity contribution < 1.29 is 9.18 Å². The van der Waals surface area contributed by atoms with Crippen molar-refractivity contribution >= 4 is 28.9 Å². The average Bonchev–Trinajstić information content (AvgIpc) is 2.62. The van der Waals surface area contributed by atoms with Gasteiger partial charge in [0.2, 0.25) is 5.91 Å². The zero-order valence-electron chi connectivity index (χ0n) is 13.2. The molecule has 0 unspecified atom stereocenters. The molecule has 6 heteroatoms. The van der Waals surface area contributed by atoms with Gasteiger partial charge in [-0.15, -0.1) is 0 Å². The maximum Gasteiger partial charge on any atom is 0.241 e. The van der Waals surface area contributed by atoms with E-state index in [2.05, 4.69) is 22.3 Å². The molecule has 1 heterocycles. The number of amides is 1. The molecule has 1 fully saturated rings. The summed E-state index contributed by atoms with van der Waals surface area (Å²) in [6.07, 6.45) is 0. The van der Waals surface area contributed by atoms with Gasteiger partial charge in [-0.25, -0.2) is 4.39 Å². The lowest BCUT2D eigenvalue weighted by Crippen LogP contribution is -2.50. The first-order chi connectivity index (χ1) is 11.6. The minimum absolute atomic E-state index is 0.0305. The number of rotatable bonds is 4. The van der Waals surface area contributed by atoms with E-state index in [1.807, 2.05) is 18.2 Å². The zero-order valence-corrected chi connectivity index (χ0v) is 14.0. The van der Waals surface area contributed by atoms with Crippen LogP contribution in [0.25, 0.3) is 0 Å². The van der Waals surface area contributed by atoms with Crippen LogP contribution >= 0.6 is 11.6 Å². The molecule has 0 aromatic heterocycles. The molecule has 0 aliphatic carbocycles. The van der Waals surface area contributed by atoms with Crippen molar-refractivity contribution in [2.24, 2.45) is 0 Å². The summed E-state index contributed by atoms with van der Waals surface area (Å²) in [4.78, 5) is 16.4. The first-order valence-electron chi connectivity index (χ1n) is 7.90. The average molecular weight is 348 g/mol. The standard InChI is InChI=1S/C18H19ClFN3O/c19-14-6-7-17(16(20)12-14)21-13-18(24)23-10-8-22(9-11-23)15-4-2-1-3-5-15/h1-7,12,21H,8-11,13H2. The lowest BCUT2D eigenvalue weighted by molar-refractivity contribution is -0.129. The number of hydrogen-bond acceptors (Lipinski definition) is 3. The molecule has 0 spiro atoms. The first kappa shape index (κ1) is 16.6. The molecule has 126 valence electrons. The molecule has 1 amide bonds. The quantitative estimate of drug-likeness (QED) is 0.922. The van der Waals surface area contributed by atoms with Gasteiger partial charge in [0.25, 0.3) is 0 Å². The highest BCUT2D eigenvalue weighted by molar-refractivity contribution is 6.30. The lowest BCUT2D eigenvalue weighted by Gasteiger charge is -2.36. The summed E-state index contributed by atoms with van der Waals surface area (Å²) in [7, 11) is 0. The number of para-hydroxylation sites is 1. The highest BCUT2D eigenvalue weighted by Gasteiger charge is 2.21. The number of anilines is 2. The summed E-state index contributed by atoms with van der Waals surface area (Å²) in [6, 6.07) is 14.5. The molecule has 0 saturated carbocycles. The van der Waals surface area contributed by atoms with E-state index in [0.29, 0.717) is 18.1 Å². The summed E-state index contributed by atoms with van der Waals surface area (Å²) >= 11 is 5.72. The number of piperazine rings is 1. The van der Waals surface area contributed by atoms with E-state index < -0.39 is 5.82 Å². The fourth-order valence-corrected chi connectivity index (χ4v) is 2.93. The summed E-state index contributed by atoms with van der Waals surface area (Å²) in [5.41, 5.74) is 1.46. The Bertz CT molecular complexity index is 703. The summed E-state index contributed by atoms with van der Waals surface area (Å²) < 4.78 is 13.7. The first-order valence-corrected chi connectivity index (χ1v) is 8.28. The van der Waals surface area contributed by atoms with E-state index in [9.17, 15) is 9.18 Å². The number of nitrogens with zero attached hydrogens (tertiary/aromatic N) is 2. The van der Waals surface area contributed by atoms with Gasteiger partial charge in [0.1, 0.15) is 5.82 Å². The maximum absolute atomic E-state index is 13.7. The Labute approximate surface area is 145 Å². The Hall–Kier alpha value is -2.27. The number of carbonyl (C=O) groups is 1. The lowest BCUT2D eigenvalue weighted by atomic mass is 10.2. The van der Waals surface area contributed by atoms with E-state index in [-0.39, 0.29) is 18.1 Å². The van der Waals surface area contributed by atoms with Gasteiger partial charge in [0, 0.05) is 36.9 Å². The second-order valence-electron chi connectivity index (χ2n) is 5.68. The van der Waals surface area contributed by atoms with Crippen LogP contribution in [0.1, 0.15) is 0 Å². The van der Waals surface area contributed by atoms with Crippen molar-refractivity contribution in [1.29, 1.82) is 0 Å². The molecule has 1 aliphatic rings. The molecule has 1 saturated heterocycles. The van der Waals surface area contributed by atoms with Crippen LogP contribution in [0, 0.1) is 5.82 Å². The van der Waals surface area contributed by atoms with Gasteiger partial charge in [0.15, 0.2) is 0 Å². The van der Waals surface area contributed by atoms with Crippen LogP contribution < -0.4 is 10.2 Å². The van der Waals surface area contributed by atoms with Crippen molar-refractivity contribution in [1.82, 2.24) is 4.90 Å². The van der Waals surface area contributed by atoms with Gasteiger partial charge in [-0.3, -0.25) is 4.79 Å². The van der Waals surface area contributed by atoms with Crippen molar-refractivity contribution in [3.63, 3.8) is 0 Å². The van der Waals surface area contributed by atoms with E-state index >= 15 is 0 Å². The predicted molar refractivity (Wildman–Crippen MR) is 95.1 cm³/mol. The molecule has 1 aliphatic heterocycles. The second-order valence-corrected chi connectivity index (χ2v) is 6.12. The van der Waals surface area contributed by atoms with E-state index in [4.69, 9.17) is 11.6 Å². The molecule has 0 atom stereocenters. The fourth-order valence-electron chi connectivity index (χ4n) is 2.77. The van der Waals surface area contributed by atoms with Crippen LogP contribution in [-0.4, -0.2) is 43.5 Å². The molecule has 3 rings (SSSR count). The summed E-state index contributed by atoms with van der Waals surface area (Å²) in [5.74, 6) is -0.485. The van der Waals surface area contributed by atoms with Gasteiger partial charge in [-0.1, -0.05) is 29.8 Å². The minimum atomic E-state index is -0.454. The molecule has 0 radical (unpaired) electrons. The third-order valence-corrected chi connectivity index (χ3v) is 4.35. The number of benzene rings is 2. The highest BCUT2D eigenvalue weighted by Crippen LogP contribution is 2.19. The molecular formula is C18H19ClFN3O. The van der Waals surface area contributed by atoms with Crippen LogP contribution in [0.5, 0.6) is 0 Å². The third-order valence-electron chi connectivity index (χ3n) is 4.11. The number of hydrogen-bond donors (Lipinski definition) is 1. The maximum atomic E-state index is 13.7. The molecular weight excluding hydrogens is 329 g/mol. The van der Waals surface area contributed by atoms with Gasteiger partial charge in [-0.2, -0.15) is 0 Å². The van der Waals surface area contributed by atoms with Gasteiger partial charge < -0.3 is 15.1 Å². The van der Waals surface area contributed by atoms with Crippen molar-refractivity contribution in [3.8, 4) is 0 Å². The third kappa shape index (κ3) is 3.97. The van der Waals surface area contributed by atoms with E-state index in [1.165, 1.54) is 17.8 Å². The zero-order chi connectivity index (χ0) is 16.9. The Kier molecular flexibility index (Phi) is 5.20. The molecule has 0 bridgehead atoms. The Morgan fingerprint density at radius 3 is 2.46 bits per heavy atom. The molecule has 24 heavy (non-hydrogen) atoms.